The van der Waals surface area contributed by atoms with Gasteiger partial charge < -0.3 is 9.30 Å². The average molecular weight is 445 g/mol. The van der Waals surface area contributed by atoms with Gasteiger partial charge in [-0.25, -0.2) is 4.98 Å². The summed E-state index contributed by atoms with van der Waals surface area (Å²) in [6, 6.07) is 37.8. The van der Waals surface area contributed by atoms with E-state index in [1.807, 2.05) is 30.3 Å². The lowest BCUT2D eigenvalue weighted by Crippen LogP contribution is -2.16. The van der Waals surface area contributed by atoms with Gasteiger partial charge in [0.2, 0.25) is 0 Å². The van der Waals surface area contributed by atoms with Crippen LogP contribution in [0.4, 0.5) is 0 Å². The Hall–Kier alpha value is -4.11. The van der Waals surface area contributed by atoms with E-state index in [0.29, 0.717) is 13.2 Å². The molecule has 0 aliphatic heterocycles. The smallest absolute Gasteiger partial charge is 0.122 e. The highest BCUT2D eigenvalue weighted by Crippen LogP contribution is 2.33. The van der Waals surface area contributed by atoms with Gasteiger partial charge in [0.1, 0.15) is 18.2 Å². The second-order valence-corrected chi connectivity index (χ2v) is 8.31. The summed E-state index contributed by atoms with van der Waals surface area (Å²) in [4.78, 5) is 5.13. The third kappa shape index (κ3) is 4.51. The van der Waals surface area contributed by atoms with Crippen molar-refractivity contribution in [1.82, 2.24) is 9.55 Å². The first-order valence-electron chi connectivity index (χ1n) is 11.7. The zero-order chi connectivity index (χ0) is 23.2. The summed E-state index contributed by atoms with van der Waals surface area (Å²) in [5.41, 5.74) is 5.73. The number of ether oxygens (including phenoxy) is 1. The number of benzene rings is 4. The van der Waals surface area contributed by atoms with Crippen LogP contribution in [0.2, 0.25) is 0 Å². The predicted molar refractivity (Wildman–Crippen MR) is 139 cm³/mol. The summed E-state index contributed by atoms with van der Waals surface area (Å²) in [5, 5.41) is 0. The predicted octanol–water partition coefficient (Wildman–Crippen LogP) is 7.02. The second-order valence-electron chi connectivity index (χ2n) is 8.31. The summed E-state index contributed by atoms with van der Waals surface area (Å²) in [6.07, 6.45) is 2.70. The van der Waals surface area contributed by atoms with Crippen molar-refractivity contribution < 1.29 is 4.74 Å². The molecular formula is C31H28N2O. The second kappa shape index (κ2) is 10.2. The molecule has 0 saturated heterocycles. The zero-order valence-corrected chi connectivity index (χ0v) is 19.2. The van der Waals surface area contributed by atoms with Crippen LogP contribution < -0.4 is 4.74 Å². The van der Waals surface area contributed by atoms with Gasteiger partial charge in [-0.2, -0.15) is 0 Å². The Morgan fingerprint density at radius 1 is 0.765 bits per heavy atom. The number of allylic oxidation sites excluding steroid dienone is 1. The first-order valence-corrected chi connectivity index (χ1v) is 11.7. The maximum absolute atomic E-state index is 6.26. The fraction of sp³-hybridized carbons (Fsp3) is 0.129. The van der Waals surface area contributed by atoms with E-state index in [9.17, 15) is 0 Å². The van der Waals surface area contributed by atoms with Crippen molar-refractivity contribution in [2.45, 2.75) is 18.9 Å². The molecule has 1 heterocycles. The van der Waals surface area contributed by atoms with Crippen LogP contribution in [0, 0.1) is 0 Å². The highest BCUT2D eigenvalue weighted by molar-refractivity contribution is 5.76. The molecule has 0 aliphatic rings. The van der Waals surface area contributed by atoms with Gasteiger partial charge in [-0.05, 0) is 41.3 Å². The summed E-state index contributed by atoms with van der Waals surface area (Å²) < 4.78 is 8.58. The number of para-hydroxylation sites is 3. The van der Waals surface area contributed by atoms with E-state index in [-0.39, 0.29) is 5.92 Å². The lowest BCUT2D eigenvalue weighted by atomic mass is 9.90. The molecular weight excluding hydrogens is 416 g/mol. The van der Waals surface area contributed by atoms with E-state index in [1.54, 1.807) is 0 Å². The quantitative estimate of drug-likeness (QED) is 0.228. The monoisotopic (exact) mass is 444 g/mol. The fourth-order valence-electron chi connectivity index (χ4n) is 4.55. The molecule has 5 rings (SSSR count). The van der Waals surface area contributed by atoms with Gasteiger partial charge in [0.15, 0.2) is 0 Å². The van der Waals surface area contributed by atoms with Gasteiger partial charge >= 0.3 is 0 Å². The van der Waals surface area contributed by atoms with Gasteiger partial charge in [0.25, 0.3) is 0 Å². The third-order valence-electron chi connectivity index (χ3n) is 6.12. The van der Waals surface area contributed by atoms with E-state index in [0.717, 1.165) is 34.6 Å². The Morgan fingerprint density at radius 3 is 2.09 bits per heavy atom. The van der Waals surface area contributed by atoms with E-state index in [4.69, 9.17) is 9.72 Å². The Labute approximate surface area is 201 Å². The Kier molecular flexibility index (Phi) is 6.53. The van der Waals surface area contributed by atoms with Gasteiger partial charge in [-0.15, -0.1) is 6.58 Å². The van der Waals surface area contributed by atoms with Crippen molar-refractivity contribution >= 4 is 11.0 Å². The molecule has 0 amide bonds. The van der Waals surface area contributed by atoms with Gasteiger partial charge in [0, 0.05) is 0 Å². The van der Waals surface area contributed by atoms with Crippen LogP contribution in [0.1, 0.15) is 28.4 Å². The molecule has 3 nitrogen and oxygen atoms in total. The summed E-state index contributed by atoms with van der Waals surface area (Å²) in [6.45, 7) is 5.13. The van der Waals surface area contributed by atoms with Crippen LogP contribution in [0.15, 0.2) is 122 Å². The summed E-state index contributed by atoms with van der Waals surface area (Å²) in [5.74, 6) is 1.97. The molecule has 0 bridgehead atoms. The summed E-state index contributed by atoms with van der Waals surface area (Å²) >= 11 is 0. The molecule has 0 atom stereocenters. The third-order valence-corrected chi connectivity index (χ3v) is 6.12. The molecule has 34 heavy (non-hydrogen) atoms. The highest BCUT2D eigenvalue weighted by Gasteiger charge is 2.23. The van der Waals surface area contributed by atoms with Crippen LogP contribution >= 0.6 is 0 Å². The van der Waals surface area contributed by atoms with E-state index >= 15 is 0 Å². The maximum atomic E-state index is 6.26. The topological polar surface area (TPSA) is 27.1 Å². The van der Waals surface area contributed by atoms with E-state index in [1.165, 1.54) is 11.1 Å². The van der Waals surface area contributed by atoms with Crippen molar-refractivity contribution in [2.24, 2.45) is 0 Å². The normalized spacial score (nSPS) is 11.1. The Balaban J connectivity index is 1.54. The van der Waals surface area contributed by atoms with Crippen LogP contribution in [0.25, 0.3) is 11.0 Å². The lowest BCUT2D eigenvalue weighted by Gasteiger charge is -2.20. The SMILES string of the molecule is C=CCc1ccccc1OCCn1c(C(c2ccccc2)c2ccccc2)nc2ccccc21. The number of hydrogen-bond donors (Lipinski definition) is 0. The van der Waals surface area contributed by atoms with Crippen LogP contribution in [-0.4, -0.2) is 16.2 Å². The molecule has 0 unspecified atom stereocenters. The van der Waals surface area contributed by atoms with E-state index < -0.39 is 0 Å². The van der Waals surface area contributed by atoms with Crippen LogP contribution in [-0.2, 0) is 13.0 Å². The molecule has 3 heteroatoms. The first-order chi connectivity index (χ1) is 16.8. The minimum Gasteiger partial charge on any atom is -0.491 e. The molecule has 1 aromatic heterocycles. The van der Waals surface area contributed by atoms with Crippen molar-refractivity contribution in [2.75, 3.05) is 6.61 Å². The number of rotatable bonds is 9. The molecule has 5 aromatic rings. The number of hydrogen-bond acceptors (Lipinski definition) is 2. The van der Waals surface area contributed by atoms with Crippen LogP contribution in [0.3, 0.4) is 0 Å². The van der Waals surface area contributed by atoms with Gasteiger partial charge in [0.05, 0.1) is 23.5 Å². The minimum absolute atomic E-state index is 0.0304. The van der Waals surface area contributed by atoms with Crippen LogP contribution in [0.5, 0.6) is 5.75 Å². The van der Waals surface area contributed by atoms with Crippen molar-refractivity contribution in [3.05, 3.63) is 144 Å². The standard InChI is InChI=1S/C31H28N2O/c1-2-13-24-14-9-12-21-29(24)34-23-22-33-28-20-11-10-19-27(28)32-31(33)30(25-15-5-3-6-16-25)26-17-7-4-8-18-26/h2-12,14-21,30H,1,13,22-23H2. The molecule has 0 fully saturated rings. The lowest BCUT2D eigenvalue weighted by molar-refractivity contribution is 0.295. The molecule has 0 aliphatic carbocycles. The average Bonchev–Trinajstić information content (AvgIpc) is 3.25. The molecule has 0 spiro atoms. The fourth-order valence-corrected chi connectivity index (χ4v) is 4.55. The molecule has 4 aromatic carbocycles. The molecule has 0 saturated carbocycles. The largest absolute Gasteiger partial charge is 0.491 e. The first kappa shape index (κ1) is 21.7. The Bertz CT molecular complexity index is 1330. The number of aromatic nitrogens is 2. The number of nitrogens with zero attached hydrogens (tertiary/aromatic N) is 2. The highest BCUT2D eigenvalue weighted by atomic mass is 16.5. The Morgan fingerprint density at radius 2 is 1.38 bits per heavy atom. The van der Waals surface area contributed by atoms with Crippen molar-refractivity contribution in [3.8, 4) is 5.75 Å². The van der Waals surface area contributed by atoms with Gasteiger partial charge in [-0.1, -0.05) is 97.1 Å². The minimum atomic E-state index is 0.0304. The number of fused-ring (bicyclic) bond motifs is 1. The molecule has 168 valence electrons. The molecule has 0 radical (unpaired) electrons. The summed E-state index contributed by atoms with van der Waals surface area (Å²) in [7, 11) is 0. The number of imidazole rings is 1. The maximum Gasteiger partial charge on any atom is 0.122 e. The van der Waals surface area contributed by atoms with Gasteiger partial charge in [-0.3, -0.25) is 0 Å². The van der Waals surface area contributed by atoms with Crippen molar-refractivity contribution in [1.29, 1.82) is 0 Å². The van der Waals surface area contributed by atoms with Crippen molar-refractivity contribution in [3.63, 3.8) is 0 Å². The zero-order valence-electron chi connectivity index (χ0n) is 19.2. The molecule has 0 N–H and O–H groups in total. The van der Waals surface area contributed by atoms with E-state index in [2.05, 4.69) is 96.1 Å².